The van der Waals surface area contributed by atoms with Crippen molar-refractivity contribution in [3.8, 4) is 0 Å². The molecule has 5 rings (SSSR count). The number of hydrogen-bond donors (Lipinski definition) is 1. The summed E-state index contributed by atoms with van der Waals surface area (Å²) in [5.74, 6) is 0.744. The van der Waals surface area contributed by atoms with Gasteiger partial charge in [-0.3, -0.25) is 14.4 Å². The van der Waals surface area contributed by atoms with Crippen LogP contribution in [0.3, 0.4) is 0 Å². The third-order valence-electron chi connectivity index (χ3n) is 6.40. The van der Waals surface area contributed by atoms with Crippen LogP contribution in [0.25, 0.3) is 6.08 Å². The predicted molar refractivity (Wildman–Crippen MR) is 128 cm³/mol. The summed E-state index contributed by atoms with van der Waals surface area (Å²) in [6.45, 7) is 3.39. The van der Waals surface area contributed by atoms with E-state index < -0.39 is 5.91 Å². The van der Waals surface area contributed by atoms with Crippen molar-refractivity contribution in [2.24, 2.45) is 5.92 Å². The van der Waals surface area contributed by atoms with E-state index in [-0.39, 0.29) is 29.0 Å². The fourth-order valence-electron chi connectivity index (χ4n) is 4.85. The maximum atomic E-state index is 13.7. The van der Waals surface area contributed by atoms with Crippen LogP contribution in [0.1, 0.15) is 39.9 Å². The van der Waals surface area contributed by atoms with Crippen LogP contribution in [0.5, 0.6) is 0 Å². The number of benzene rings is 1. The van der Waals surface area contributed by atoms with E-state index in [4.69, 9.17) is 16.0 Å². The number of aromatic nitrogens is 1. The molecule has 2 bridgehead atoms. The normalized spacial score (nSPS) is 19.5. The Morgan fingerprint density at radius 2 is 1.85 bits per heavy atom. The minimum atomic E-state index is -0.409. The molecule has 0 aliphatic carbocycles. The molecule has 34 heavy (non-hydrogen) atoms. The van der Waals surface area contributed by atoms with Crippen molar-refractivity contribution in [1.82, 2.24) is 14.8 Å². The molecule has 7 nitrogen and oxygen atoms in total. The summed E-state index contributed by atoms with van der Waals surface area (Å²) in [5, 5.41) is 3.30. The Morgan fingerprint density at radius 3 is 2.59 bits per heavy atom. The lowest BCUT2D eigenvalue weighted by atomic mass is 9.83. The molecule has 2 amide bonds. The van der Waals surface area contributed by atoms with Gasteiger partial charge in [0, 0.05) is 54.0 Å². The molecule has 1 saturated heterocycles. The summed E-state index contributed by atoms with van der Waals surface area (Å²) in [4.78, 5) is 40.6. The number of carbonyl (C=O) groups excluding carboxylic acids is 2. The van der Waals surface area contributed by atoms with Crippen LogP contribution < -0.4 is 10.9 Å². The van der Waals surface area contributed by atoms with E-state index in [0.29, 0.717) is 41.7 Å². The monoisotopic (exact) mass is 477 g/mol. The summed E-state index contributed by atoms with van der Waals surface area (Å²) < 4.78 is 7.46. The van der Waals surface area contributed by atoms with E-state index in [1.807, 2.05) is 17.6 Å². The molecule has 0 radical (unpaired) electrons. The SMILES string of the molecule is Cc1ccc(C=C(NC(=O)c2ccc(Cl)cc2)C(=O)N2CC3CC(C2)c2cccc(=O)n2C3)o1. The molecule has 2 aliphatic heterocycles. The fraction of sp³-hybridized carbons (Fsp3) is 0.269. The third kappa shape index (κ3) is 4.43. The number of rotatable bonds is 4. The van der Waals surface area contributed by atoms with E-state index in [1.54, 1.807) is 59.5 Å². The summed E-state index contributed by atoms with van der Waals surface area (Å²) in [5.41, 5.74) is 1.48. The van der Waals surface area contributed by atoms with Crippen LogP contribution in [0.4, 0.5) is 0 Å². The molecule has 1 N–H and O–H groups in total. The smallest absolute Gasteiger partial charge is 0.270 e. The lowest BCUT2D eigenvalue weighted by Gasteiger charge is -2.42. The first-order valence-corrected chi connectivity index (χ1v) is 11.6. The molecule has 0 spiro atoms. The summed E-state index contributed by atoms with van der Waals surface area (Å²) in [6, 6.07) is 15.3. The van der Waals surface area contributed by atoms with Crippen LogP contribution in [0.2, 0.25) is 5.02 Å². The number of carbonyl (C=O) groups is 2. The van der Waals surface area contributed by atoms with Crippen LogP contribution in [0.15, 0.2) is 69.5 Å². The number of furan rings is 1. The van der Waals surface area contributed by atoms with Crippen molar-refractivity contribution in [2.75, 3.05) is 13.1 Å². The largest absolute Gasteiger partial charge is 0.462 e. The van der Waals surface area contributed by atoms with Gasteiger partial charge in [-0.05, 0) is 61.7 Å². The molecule has 2 aromatic heterocycles. The van der Waals surface area contributed by atoms with Gasteiger partial charge in [-0.25, -0.2) is 0 Å². The highest BCUT2D eigenvalue weighted by molar-refractivity contribution is 6.30. The number of likely N-dealkylation sites (tertiary alicyclic amines) is 1. The predicted octanol–water partition coefficient (Wildman–Crippen LogP) is 3.82. The van der Waals surface area contributed by atoms with Gasteiger partial charge in [0.2, 0.25) is 0 Å². The first-order chi connectivity index (χ1) is 16.4. The number of hydrogen-bond acceptors (Lipinski definition) is 4. The molecular formula is C26H24ClN3O4. The van der Waals surface area contributed by atoms with Crippen LogP contribution in [-0.2, 0) is 11.3 Å². The third-order valence-corrected chi connectivity index (χ3v) is 6.65. The van der Waals surface area contributed by atoms with Gasteiger partial charge < -0.3 is 19.2 Å². The lowest BCUT2D eigenvalue weighted by molar-refractivity contribution is -0.130. The quantitative estimate of drug-likeness (QED) is 0.579. The van der Waals surface area contributed by atoms with Crippen molar-refractivity contribution < 1.29 is 14.0 Å². The number of halogens is 1. The number of nitrogens with one attached hydrogen (secondary N) is 1. The maximum Gasteiger partial charge on any atom is 0.270 e. The molecule has 2 unspecified atom stereocenters. The van der Waals surface area contributed by atoms with Gasteiger partial charge in [0.15, 0.2) is 0 Å². The number of piperidine rings is 1. The Kier molecular flexibility index (Phi) is 5.87. The summed E-state index contributed by atoms with van der Waals surface area (Å²) in [7, 11) is 0. The minimum absolute atomic E-state index is 0.00372. The molecule has 4 heterocycles. The van der Waals surface area contributed by atoms with Gasteiger partial charge in [0.25, 0.3) is 17.4 Å². The average molecular weight is 478 g/mol. The maximum absolute atomic E-state index is 13.7. The van der Waals surface area contributed by atoms with E-state index in [1.165, 1.54) is 0 Å². The number of pyridine rings is 1. The number of nitrogens with zero attached hydrogens (tertiary/aromatic N) is 2. The molecule has 2 atom stereocenters. The average Bonchev–Trinajstić information content (AvgIpc) is 3.23. The van der Waals surface area contributed by atoms with Gasteiger partial charge in [-0.2, -0.15) is 0 Å². The van der Waals surface area contributed by atoms with Crippen LogP contribution >= 0.6 is 11.6 Å². The van der Waals surface area contributed by atoms with Crippen molar-refractivity contribution >= 4 is 29.5 Å². The topological polar surface area (TPSA) is 84.5 Å². The first-order valence-electron chi connectivity index (χ1n) is 11.2. The highest BCUT2D eigenvalue weighted by atomic mass is 35.5. The number of amides is 2. The van der Waals surface area contributed by atoms with Gasteiger partial charge in [0.05, 0.1) is 0 Å². The van der Waals surface area contributed by atoms with Crippen molar-refractivity contribution in [1.29, 1.82) is 0 Å². The molecular weight excluding hydrogens is 454 g/mol. The molecule has 1 fully saturated rings. The van der Waals surface area contributed by atoms with Gasteiger partial charge in [-0.15, -0.1) is 0 Å². The molecule has 0 saturated carbocycles. The Labute approximate surface area is 201 Å². The highest BCUT2D eigenvalue weighted by Gasteiger charge is 2.37. The van der Waals surface area contributed by atoms with Crippen LogP contribution in [0, 0.1) is 12.8 Å². The molecule has 8 heteroatoms. The van der Waals surface area contributed by atoms with Crippen molar-refractivity contribution in [3.05, 3.63) is 98.4 Å². The fourth-order valence-corrected chi connectivity index (χ4v) is 4.98. The van der Waals surface area contributed by atoms with E-state index >= 15 is 0 Å². The van der Waals surface area contributed by atoms with Crippen molar-refractivity contribution in [2.45, 2.75) is 25.8 Å². The second-order valence-electron chi connectivity index (χ2n) is 8.88. The Bertz CT molecular complexity index is 1340. The highest BCUT2D eigenvalue weighted by Crippen LogP contribution is 2.35. The Morgan fingerprint density at radius 1 is 1.06 bits per heavy atom. The summed E-state index contributed by atoms with van der Waals surface area (Å²) in [6.07, 6.45) is 2.49. The molecule has 174 valence electrons. The molecule has 2 aliphatic rings. The van der Waals surface area contributed by atoms with Crippen LogP contribution in [-0.4, -0.2) is 34.4 Å². The first kappa shape index (κ1) is 22.2. The Balaban J connectivity index is 1.43. The van der Waals surface area contributed by atoms with Gasteiger partial charge >= 0.3 is 0 Å². The Hall–Kier alpha value is -3.58. The number of fused-ring (bicyclic) bond motifs is 4. The zero-order valence-corrected chi connectivity index (χ0v) is 19.4. The zero-order valence-electron chi connectivity index (χ0n) is 18.7. The van der Waals surface area contributed by atoms with E-state index in [9.17, 15) is 14.4 Å². The second-order valence-corrected chi connectivity index (χ2v) is 9.31. The van der Waals surface area contributed by atoms with E-state index in [0.717, 1.165) is 12.1 Å². The minimum Gasteiger partial charge on any atom is -0.462 e. The van der Waals surface area contributed by atoms with E-state index in [2.05, 4.69) is 5.32 Å². The second kappa shape index (κ2) is 8.99. The standard InChI is InChI=1S/C26H24ClN3O4/c1-16-5-10-21(34-16)12-22(28-25(32)18-6-8-20(27)9-7-18)26(33)29-13-17-11-19(15-29)23-3-2-4-24(31)30(23)14-17/h2-10,12,17,19H,11,13-15H2,1H3,(H,28,32). The lowest BCUT2D eigenvalue weighted by Crippen LogP contribution is -2.50. The van der Waals surface area contributed by atoms with Gasteiger partial charge in [-0.1, -0.05) is 17.7 Å². The molecule has 1 aromatic carbocycles. The molecule has 3 aromatic rings. The summed E-state index contributed by atoms with van der Waals surface area (Å²) >= 11 is 5.94. The number of aryl methyl sites for hydroxylation is 1. The van der Waals surface area contributed by atoms with Gasteiger partial charge in [0.1, 0.15) is 17.2 Å². The zero-order chi connectivity index (χ0) is 23.8. The van der Waals surface area contributed by atoms with Crippen molar-refractivity contribution in [3.63, 3.8) is 0 Å².